The third-order valence-corrected chi connectivity index (χ3v) is 5.79. The Morgan fingerprint density at radius 3 is 2.41 bits per heavy atom. The van der Waals surface area contributed by atoms with E-state index in [2.05, 4.69) is 37.7 Å². The molecule has 1 N–H and O–H groups in total. The predicted molar refractivity (Wildman–Crippen MR) is 145 cm³/mol. The minimum atomic E-state index is -1.12. The summed E-state index contributed by atoms with van der Waals surface area (Å²) in [5.74, 6) is -0.655. The average molecular weight is 484 g/mol. The molecule has 34 heavy (non-hydrogen) atoms. The van der Waals surface area contributed by atoms with E-state index in [-0.39, 0.29) is 0 Å². The van der Waals surface area contributed by atoms with Crippen LogP contribution in [-0.4, -0.2) is 48.1 Å². The topological polar surface area (TPSA) is 49.8 Å². The van der Waals surface area contributed by atoms with Crippen molar-refractivity contribution in [3.05, 3.63) is 77.4 Å². The maximum absolute atomic E-state index is 12.6. The maximum Gasteiger partial charge on any atom is 0.337 e. The number of ether oxygens (including phenoxy) is 1. The van der Waals surface area contributed by atoms with Gasteiger partial charge in [-0.05, 0) is 94.2 Å². The zero-order valence-electron chi connectivity index (χ0n) is 21.3. The van der Waals surface area contributed by atoms with Crippen LogP contribution in [0, 0.1) is 6.92 Å². The molecule has 0 fully saturated rings. The molecule has 0 bridgehead atoms. The summed E-state index contributed by atoms with van der Waals surface area (Å²) in [5, 5.41) is 12.5. The summed E-state index contributed by atoms with van der Waals surface area (Å²) in [6.45, 7) is 12.5. The van der Waals surface area contributed by atoms with Crippen molar-refractivity contribution in [2.45, 2.75) is 52.2 Å². The Labute approximate surface area is 209 Å². The molecule has 5 heteroatoms. The van der Waals surface area contributed by atoms with Crippen molar-refractivity contribution < 1.29 is 14.6 Å². The van der Waals surface area contributed by atoms with E-state index in [9.17, 15) is 9.90 Å². The number of halogens is 1. The van der Waals surface area contributed by atoms with Crippen LogP contribution in [0.4, 0.5) is 0 Å². The zero-order valence-corrected chi connectivity index (χ0v) is 22.1. The van der Waals surface area contributed by atoms with Crippen LogP contribution in [-0.2, 0) is 16.0 Å². The number of benzene rings is 2. The Morgan fingerprint density at radius 2 is 1.88 bits per heavy atom. The van der Waals surface area contributed by atoms with E-state index in [4.69, 9.17) is 16.3 Å². The standard InChI is InChI=1S/C29H38ClNO3/c1-8-13-21(14-11-18-30)26-24-16-10-9-15-23(24)22(17-12-19-31(6)7)20(2)25(26)27(28(32)33)34-29(3,4)5/h8-11,13-16,27H,1,12,17-19H2,2-7H3,(H,32,33). The van der Waals surface area contributed by atoms with Crippen LogP contribution in [0.3, 0.4) is 0 Å². The molecule has 0 spiro atoms. The fourth-order valence-corrected chi connectivity index (χ4v) is 4.39. The first-order chi connectivity index (χ1) is 16.0. The normalized spacial score (nSPS) is 13.7. The van der Waals surface area contributed by atoms with Crippen molar-refractivity contribution in [3.63, 3.8) is 0 Å². The van der Waals surface area contributed by atoms with Crippen molar-refractivity contribution in [1.82, 2.24) is 4.90 Å². The molecule has 0 saturated carbocycles. The van der Waals surface area contributed by atoms with E-state index in [1.165, 1.54) is 5.56 Å². The maximum atomic E-state index is 12.6. The third kappa shape index (κ3) is 7.05. The number of hydrogen-bond acceptors (Lipinski definition) is 3. The number of aryl methyl sites for hydroxylation is 1. The van der Waals surface area contributed by atoms with E-state index in [0.717, 1.165) is 46.9 Å². The molecule has 2 rings (SSSR count). The lowest BCUT2D eigenvalue weighted by Gasteiger charge is -2.30. The second kappa shape index (κ2) is 12.3. The fraction of sp³-hybridized carbons (Fsp3) is 0.414. The number of allylic oxidation sites excluding steroid dienone is 5. The van der Waals surface area contributed by atoms with Crippen LogP contribution in [0.5, 0.6) is 0 Å². The first kappa shape index (κ1) is 27.8. The summed E-state index contributed by atoms with van der Waals surface area (Å²) >= 11 is 5.97. The molecule has 184 valence electrons. The summed E-state index contributed by atoms with van der Waals surface area (Å²) in [4.78, 5) is 14.8. The molecular weight excluding hydrogens is 446 g/mol. The van der Waals surface area contributed by atoms with Gasteiger partial charge in [-0.2, -0.15) is 0 Å². The predicted octanol–water partition coefficient (Wildman–Crippen LogP) is 6.95. The second-order valence-electron chi connectivity index (χ2n) is 9.71. The number of carboxylic acids is 1. The van der Waals surface area contributed by atoms with Crippen LogP contribution in [0.25, 0.3) is 16.3 Å². The molecule has 0 aromatic heterocycles. The highest BCUT2D eigenvalue weighted by molar-refractivity contribution is 6.19. The first-order valence-corrected chi connectivity index (χ1v) is 12.2. The molecular formula is C29H38ClNO3. The van der Waals surface area contributed by atoms with E-state index < -0.39 is 17.7 Å². The Balaban J connectivity index is 2.99. The van der Waals surface area contributed by atoms with E-state index in [1.54, 1.807) is 6.08 Å². The molecule has 0 aliphatic heterocycles. The number of alkyl halides is 1. The third-order valence-electron chi connectivity index (χ3n) is 5.61. The van der Waals surface area contributed by atoms with E-state index in [0.29, 0.717) is 11.4 Å². The average Bonchev–Trinajstić information content (AvgIpc) is 2.75. The quantitative estimate of drug-likeness (QED) is 0.277. The van der Waals surface area contributed by atoms with Gasteiger partial charge in [0.15, 0.2) is 6.10 Å². The Morgan fingerprint density at radius 1 is 1.24 bits per heavy atom. The molecule has 1 atom stereocenters. The Bertz CT molecular complexity index is 1080. The summed E-state index contributed by atoms with van der Waals surface area (Å²) in [6, 6.07) is 8.21. The minimum absolute atomic E-state index is 0.351. The van der Waals surface area contributed by atoms with E-state index >= 15 is 0 Å². The molecule has 0 aliphatic carbocycles. The van der Waals surface area contributed by atoms with Gasteiger partial charge < -0.3 is 14.7 Å². The summed E-state index contributed by atoms with van der Waals surface area (Å²) in [5.41, 5.74) is 3.87. The molecule has 0 radical (unpaired) electrons. The number of rotatable bonds is 11. The molecule has 0 amide bonds. The van der Waals surface area contributed by atoms with E-state index in [1.807, 2.05) is 58.1 Å². The lowest BCUT2D eigenvalue weighted by molar-refractivity contribution is -0.160. The van der Waals surface area contributed by atoms with Crippen molar-refractivity contribution >= 4 is 33.9 Å². The van der Waals surface area contributed by atoms with Crippen LogP contribution >= 0.6 is 11.6 Å². The molecule has 1 unspecified atom stereocenters. The molecule has 4 nitrogen and oxygen atoms in total. The van der Waals surface area contributed by atoms with Gasteiger partial charge in [0.25, 0.3) is 0 Å². The van der Waals surface area contributed by atoms with Crippen LogP contribution in [0.2, 0.25) is 0 Å². The highest BCUT2D eigenvalue weighted by atomic mass is 35.5. The lowest BCUT2D eigenvalue weighted by Crippen LogP contribution is -2.29. The number of nitrogens with zero attached hydrogens (tertiary/aromatic N) is 1. The zero-order chi connectivity index (χ0) is 25.5. The summed E-state index contributed by atoms with van der Waals surface area (Å²) in [6.07, 6.45) is 8.10. The summed E-state index contributed by atoms with van der Waals surface area (Å²) in [7, 11) is 4.12. The van der Waals surface area contributed by atoms with Crippen LogP contribution < -0.4 is 0 Å². The van der Waals surface area contributed by atoms with Gasteiger partial charge in [0.2, 0.25) is 0 Å². The molecule has 0 saturated heterocycles. The smallest absolute Gasteiger partial charge is 0.337 e. The van der Waals surface area contributed by atoms with Gasteiger partial charge >= 0.3 is 5.97 Å². The van der Waals surface area contributed by atoms with Crippen molar-refractivity contribution in [2.75, 3.05) is 26.5 Å². The highest BCUT2D eigenvalue weighted by Crippen LogP contribution is 2.41. The van der Waals surface area contributed by atoms with Gasteiger partial charge in [-0.3, -0.25) is 0 Å². The van der Waals surface area contributed by atoms with Crippen molar-refractivity contribution in [2.24, 2.45) is 0 Å². The van der Waals surface area contributed by atoms with Gasteiger partial charge in [-0.15, -0.1) is 11.6 Å². The van der Waals surface area contributed by atoms with Crippen LogP contribution in [0.15, 0.2) is 55.1 Å². The fourth-order valence-electron chi connectivity index (χ4n) is 4.30. The SMILES string of the molecule is C=CC=C(C=CCCl)c1c(C(OC(C)(C)C)C(=O)O)c(C)c(CCCN(C)C)c2ccccc12. The Hall–Kier alpha value is -2.40. The van der Waals surface area contributed by atoms with Crippen molar-refractivity contribution in [3.8, 4) is 0 Å². The van der Waals surface area contributed by atoms with Gasteiger partial charge in [-0.1, -0.05) is 55.1 Å². The number of aliphatic carboxylic acids is 1. The largest absolute Gasteiger partial charge is 0.479 e. The van der Waals surface area contributed by atoms with Crippen LogP contribution in [0.1, 0.15) is 55.5 Å². The molecule has 2 aromatic rings. The highest BCUT2D eigenvalue weighted by Gasteiger charge is 2.32. The minimum Gasteiger partial charge on any atom is -0.479 e. The molecule has 0 heterocycles. The monoisotopic (exact) mass is 483 g/mol. The lowest BCUT2D eigenvalue weighted by atomic mass is 9.82. The molecule has 2 aromatic carbocycles. The number of carbonyl (C=O) groups is 1. The van der Waals surface area contributed by atoms with Gasteiger partial charge in [0.05, 0.1) is 5.60 Å². The van der Waals surface area contributed by atoms with Crippen molar-refractivity contribution in [1.29, 1.82) is 0 Å². The number of hydrogen-bond donors (Lipinski definition) is 1. The number of carboxylic acid groups (broad SMARTS) is 1. The first-order valence-electron chi connectivity index (χ1n) is 11.7. The summed E-state index contributed by atoms with van der Waals surface area (Å²) < 4.78 is 6.18. The van der Waals surface area contributed by atoms with Gasteiger partial charge in [-0.25, -0.2) is 4.79 Å². The van der Waals surface area contributed by atoms with Gasteiger partial charge in [0, 0.05) is 11.4 Å². The molecule has 0 aliphatic rings. The second-order valence-corrected chi connectivity index (χ2v) is 10.0. The number of fused-ring (bicyclic) bond motifs is 1. The Kier molecular flexibility index (Phi) is 10.1. The van der Waals surface area contributed by atoms with Gasteiger partial charge in [0.1, 0.15) is 0 Å².